The van der Waals surface area contributed by atoms with Crippen LogP contribution in [-0.4, -0.2) is 57.6 Å². The van der Waals surface area contributed by atoms with Crippen molar-refractivity contribution in [2.45, 2.75) is 32.3 Å². The highest BCUT2D eigenvalue weighted by Crippen LogP contribution is 2.23. The second-order valence-electron chi connectivity index (χ2n) is 7.77. The van der Waals surface area contributed by atoms with Crippen LogP contribution in [-0.2, 0) is 14.8 Å². The molecule has 2 amide bonds. The first-order chi connectivity index (χ1) is 15.2. The molecule has 1 unspecified atom stereocenters. The highest BCUT2D eigenvalue weighted by molar-refractivity contribution is 7.92. The molecular weight excluding hydrogens is 430 g/mol. The fraction of sp³-hybridized carbons (Fsp3) is 0.391. The predicted octanol–water partition coefficient (Wildman–Crippen LogP) is 3.11. The van der Waals surface area contributed by atoms with Gasteiger partial charge in [0.05, 0.1) is 23.2 Å². The molecule has 0 bridgehead atoms. The van der Waals surface area contributed by atoms with Gasteiger partial charge in [0.2, 0.25) is 10.0 Å². The topological polar surface area (TPSA) is 96.0 Å². The van der Waals surface area contributed by atoms with E-state index in [9.17, 15) is 18.0 Å². The minimum Gasteiger partial charge on any atom is -0.481 e. The Morgan fingerprint density at radius 2 is 1.72 bits per heavy atom. The minimum atomic E-state index is -3.36. The standard InChI is InChI=1S/C23H29N3O5S/c1-4-21(31-18-13-11-17(12-14-18)25(2)32(3,29)30)22(27)24-20-10-6-5-9-19(20)23(28)26-15-7-8-16-26/h5-6,9-14,21H,4,7-8,15-16H2,1-3H3,(H,24,27). The van der Waals surface area contributed by atoms with E-state index in [1.54, 1.807) is 53.4 Å². The van der Waals surface area contributed by atoms with Crippen LogP contribution in [0, 0.1) is 0 Å². The van der Waals surface area contributed by atoms with Crippen LogP contribution in [0.2, 0.25) is 0 Å². The lowest BCUT2D eigenvalue weighted by molar-refractivity contribution is -0.122. The summed E-state index contributed by atoms with van der Waals surface area (Å²) in [5.41, 5.74) is 1.42. The van der Waals surface area contributed by atoms with Gasteiger partial charge in [-0.3, -0.25) is 13.9 Å². The van der Waals surface area contributed by atoms with E-state index in [0.29, 0.717) is 29.1 Å². The maximum atomic E-state index is 12.9. The van der Waals surface area contributed by atoms with Crippen molar-refractivity contribution in [3.05, 3.63) is 54.1 Å². The predicted molar refractivity (Wildman–Crippen MR) is 125 cm³/mol. The van der Waals surface area contributed by atoms with Gasteiger partial charge >= 0.3 is 0 Å². The van der Waals surface area contributed by atoms with Gasteiger partial charge in [-0.25, -0.2) is 8.42 Å². The molecule has 0 aliphatic carbocycles. The molecule has 1 atom stereocenters. The van der Waals surface area contributed by atoms with Crippen molar-refractivity contribution in [2.75, 3.05) is 36.0 Å². The van der Waals surface area contributed by atoms with Crippen molar-refractivity contribution in [1.82, 2.24) is 4.90 Å². The number of hydrogen-bond donors (Lipinski definition) is 1. The molecule has 0 saturated carbocycles. The molecule has 1 aliphatic heterocycles. The number of likely N-dealkylation sites (tertiary alicyclic amines) is 1. The first-order valence-corrected chi connectivity index (χ1v) is 12.5. The Kier molecular flexibility index (Phi) is 7.40. The molecular formula is C23H29N3O5S. The summed E-state index contributed by atoms with van der Waals surface area (Å²) in [6, 6.07) is 13.5. The molecule has 3 rings (SSSR count). The minimum absolute atomic E-state index is 0.0852. The zero-order chi connectivity index (χ0) is 23.3. The summed E-state index contributed by atoms with van der Waals surface area (Å²) < 4.78 is 30.4. The van der Waals surface area contributed by atoms with Crippen molar-refractivity contribution < 1.29 is 22.7 Å². The van der Waals surface area contributed by atoms with Gasteiger partial charge in [0, 0.05) is 20.1 Å². The lowest BCUT2D eigenvalue weighted by atomic mass is 10.1. The summed E-state index contributed by atoms with van der Waals surface area (Å²) in [7, 11) is -1.90. The number of carbonyl (C=O) groups excluding carboxylic acids is 2. The lowest BCUT2D eigenvalue weighted by Crippen LogP contribution is -2.34. The van der Waals surface area contributed by atoms with E-state index in [-0.39, 0.29) is 11.8 Å². The molecule has 1 heterocycles. The van der Waals surface area contributed by atoms with Crippen LogP contribution in [0.3, 0.4) is 0 Å². The normalized spacial score (nSPS) is 14.7. The molecule has 32 heavy (non-hydrogen) atoms. The molecule has 1 fully saturated rings. The molecule has 0 spiro atoms. The quantitative estimate of drug-likeness (QED) is 0.654. The third kappa shape index (κ3) is 5.59. The third-order valence-electron chi connectivity index (χ3n) is 5.45. The maximum absolute atomic E-state index is 12.9. The van der Waals surface area contributed by atoms with Gasteiger partial charge in [-0.2, -0.15) is 0 Å². The Morgan fingerprint density at radius 3 is 2.31 bits per heavy atom. The number of nitrogens with zero attached hydrogens (tertiary/aromatic N) is 2. The molecule has 1 aliphatic rings. The average Bonchev–Trinajstić information content (AvgIpc) is 3.31. The van der Waals surface area contributed by atoms with Gasteiger partial charge < -0.3 is 15.0 Å². The number of sulfonamides is 1. The van der Waals surface area contributed by atoms with Crippen molar-refractivity contribution in [2.24, 2.45) is 0 Å². The number of benzene rings is 2. The Labute approximate surface area is 189 Å². The summed E-state index contributed by atoms with van der Waals surface area (Å²) in [6.07, 6.45) is 2.75. The third-order valence-corrected chi connectivity index (χ3v) is 6.65. The van der Waals surface area contributed by atoms with Crippen molar-refractivity contribution in [1.29, 1.82) is 0 Å². The van der Waals surface area contributed by atoms with E-state index >= 15 is 0 Å². The Morgan fingerprint density at radius 1 is 1.09 bits per heavy atom. The molecule has 172 valence electrons. The van der Waals surface area contributed by atoms with E-state index in [0.717, 1.165) is 36.5 Å². The first kappa shape index (κ1) is 23.6. The molecule has 9 heteroatoms. The average molecular weight is 460 g/mol. The molecule has 1 saturated heterocycles. The van der Waals surface area contributed by atoms with Crippen molar-refractivity contribution in [3.63, 3.8) is 0 Å². The Balaban J connectivity index is 1.70. The molecule has 0 aromatic heterocycles. The number of nitrogens with one attached hydrogen (secondary N) is 1. The number of ether oxygens (including phenoxy) is 1. The largest absolute Gasteiger partial charge is 0.481 e. The highest BCUT2D eigenvalue weighted by Gasteiger charge is 2.24. The number of rotatable bonds is 8. The number of hydrogen-bond acceptors (Lipinski definition) is 5. The van der Waals surface area contributed by atoms with Gasteiger partial charge in [-0.15, -0.1) is 0 Å². The monoisotopic (exact) mass is 459 g/mol. The van der Waals surface area contributed by atoms with Crippen LogP contribution in [0.1, 0.15) is 36.5 Å². The summed E-state index contributed by atoms with van der Waals surface area (Å²) >= 11 is 0. The van der Waals surface area contributed by atoms with E-state index < -0.39 is 16.1 Å². The van der Waals surface area contributed by atoms with Crippen molar-refractivity contribution >= 4 is 33.2 Å². The van der Waals surface area contributed by atoms with Gasteiger partial charge in [0.25, 0.3) is 11.8 Å². The highest BCUT2D eigenvalue weighted by atomic mass is 32.2. The van der Waals surface area contributed by atoms with Crippen LogP contribution >= 0.6 is 0 Å². The maximum Gasteiger partial charge on any atom is 0.265 e. The van der Waals surface area contributed by atoms with Gasteiger partial charge in [-0.1, -0.05) is 19.1 Å². The second-order valence-corrected chi connectivity index (χ2v) is 9.79. The molecule has 2 aromatic rings. The summed E-state index contributed by atoms with van der Waals surface area (Å²) in [5.74, 6) is 0.00327. The summed E-state index contributed by atoms with van der Waals surface area (Å²) in [6.45, 7) is 3.29. The lowest BCUT2D eigenvalue weighted by Gasteiger charge is -2.21. The fourth-order valence-corrected chi connectivity index (χ4v) is 4.00. The number of carbonyl (C=O) groups is 2. The summed E-state index contributed by atoms with van der Waals surface area (Å²) in [5, 5.41) is 2.84. The van der Waals surface area contributed by atoms with Crippen LogP contribution < -0.4 is 14.4 Å². The van der Waals surface area contributed by atoms with Gasteiger partial charge in [0.15, 0.2) is 6.10 Å². The number of amides is 2. The van der Waals surface area contributed by atoms with Gasteiger partial charge in [0.1, 0.15) is 5.75 Å². The zero-order valence-electron chi connectivity index (χ0n) is 18.6. The SMILES string of the molecule is CCC(Oc1ccc(N(C)S(C)(=O)=O)cc1)C(=O)Nc1ccccc1C(=O)N1CCCC1. The molecule has 0 radical (unpaired) electrons. The number of para-hydroxylation sites is 1. The van der Waals surface area contributed by atoms with E-state index in [2.05, 4.69) is 5.32 Å². The van der Waals surface area contributed by atoms with Crippen LogP contribution in [0.5, 0.6) is 5.75 Å². The number of anilines is 2. The van der Waals surface area contributed by atoms with E-state index in [1.807, 2.05) is 6.92 Å². The first-order valence-electron chi connectivity index (χ1n) is 10.6. The van der Waals surface area contributed by atoms with Crippen LogP contribution in [0.4, 0.5) is 11.4 Å². The van der Waals surface area contributed by atoms with E-state index in [4.69, 9.17) is 4.74 Å². The smallest absolute Gasteiger partial charge is 0.265 e. The molecule has 1 N–H and O–H groups in total. The van der Waals surface area contributed by atoms with Crippen LogP contribution in [0.25, 0.3) is 0 Å². The molecule has 2 aromatic carbocycles. The Hall–Kier alpha value is -3.07. The zero-order valence-corrected chi connectivity index (χ0v) is 19.4. The van der Waals surface area contributed by atoms with Gasteiger partial charge in [-0.05, 0) is 55.7 Å². The second kappa shape index (κ2) is 10.0. The molecule has 8 nitrogen and oxygen atoms in total. The Bertz CT molecular complexity index is 1060. The van der Waals surface area contributed by atoms with Crippen LogP contribution in [0.15, 0.2) is 48.5 Å². The van der Waals surface area contributed by atoms with E-state index in [1.165, 1.54) is 7.05 Å². The fourth-order valence-electron chi connectivity index (χ4n) is 3.50. The summed E-state index contributed by atoms with van der Waals surface area (Å²) in [4.78, 5) is 27.5. The van der Waals surface area contributed by atoms with Crippen molar-refractivity contribution in [3.8, 4) is 5.75 Å².